The molecule has 0 saturated heterocycles. The molecule has 0 aliphatic rings. The number of amides is 1. The van der Waals surface area contributed by atoms with Gasteiger partial charge in [0.2, 0.25) is 5.91 Å². The number of nitrogens with two attached hydrogens (primary N) is 1. The Labute approximate surface area is 138 Å². The third-order valence-corrected chi connectivity index (χ3v) is 4.01. The molecule has 2 unspecified atom stereocenters. The average molecular weight is 320 g/mol. The molecule has 5 heteroatoms. The van der Waals surface area contributed by atoms with Gasteiger partial charge in [-0.25, -0.2) is 0 Å². The number of allylic oxidation sites excluding steroid dienone is 1. The van der Waals surface area contributed by atoms with Crippen LogP contribution in [0.15, 0.2) is 24.8 Å². The minimum Gasteiger partial charge on any atom is -0.493 e. The lowest BCUT2D eigenvalue weighted by Crippen LogP contribution is -2.44. The summed E-state index contributed by atoms with van der Waals surface area (Å²) in [7, 11) is 3.20. The van der Waals surface area contributed by atoms with Gasteiger partial charge in [0.05, 0.1) is 20.3 Å². The largest absolute Gasteiger partial charge is 0.493 e. The fraction of sp³-hybridized carbons (Fsp3) is 0.500. The number of benzene rings is 1. The molecule has 23 heavy (non-hydrogen) atoms. The minimum atomic E-state index is -0.493. The molecule has 0 saturated carbocycles. The molecule has 0 aromatic heterocycles. The van der Waals surface area contributed by atoms with Crippen LogP contribution in [0.3, 0.4) is 0 Å². The molecular weight excluding hydrogens is 292 g/mol. The van der Waals surface area contributed by atoms with Crippen molar-refractivity contribution in [1.82, 2.24) is 5.32 Å². The highest BCUT2D eigenvalue weighted by molar-refractivity contribution is 5.81. The van der Waals surface area contributed by atoms with Crippen molar-refractivity contribution in [2.45, 2.75) is 39.3 Å². The zero-order chi connectivity index (χ0) is 17.4. The summed E-state index contributed by atoms with van der Waals surface area (Å²) in [5.41, 5.74) is 7.85. The molecule has 0 heterocycles. The Kier molecular flexibility index (Phi) is 7.62. The summed E-state index contributed by atoms with van der Waals surface area (Å²) < 4.78 is 10.8. The maximum atomic E-state index is 12.1. The topological polar surface area (TPSA) is 73.6 Å². The van der Waals surface area contributed by atoms with Crippen LogP contribution in [0.25, 0.3) is 0 Å². The molecule has 0 bridgehead atoms. The first-order valence-electron chi connectivity index (χ1n) is 7.86. The number of ether oxygens (including phenoxy) is 2. The van der Waals surface area contributed by atoms with Gasteiger partial charge in [0, 0.05) is 12.1 Å². The fourth-order valence-electron chi connectivity index (χ4n) is 2.34. The lowest BCUT2D eigenvalue weighted by atomic mass is 9.99. The Balaban J connectivity index is 2.90. The van der Waals surface area contributed by atoms with E-state index in [4.69, 9.17) is 15.2 Å². The van der Waals surface area contributed by atoms with Crippen LogP contribution in [0, 0.1) is 5.92 Å². The highest BCUT2D eigenvalue weighted by Gasteiger charge is 2.19. The Morgan fingerprint density at radius 1 is 1.39 bits per heavy atom. The van der Waals surface area contributed by atoms with E-state index in [0.717, 1.165) is 17.5 Å². The second-order valence-electron chi connectivity index (χ2n) is 5.61. The standard InChI is InChI=1S/C18H28N2O3/c1-6-8-14-9-13(10-15(22-4)17(14)23-5)11-20-18(21)16(19)12(3)7-2/h6,9-10,12,16H,1,7-8,11,19H2,2-5H3,(H,20,21). The van der Waals surface area contributed by atoms with E-state index in [9.17, 15) is 4.79 Å². The second kappa shape index (κ2) is 9.20. The number of carbonyl (C=O) groups is 1. The first kappa shape index (κ1) is 19.0. The van der Waals surface area contributed by atoms with Crippen LogP contribution < -0.4 is 20.5 Å². The Morgan fingerprint density at radius 3 is 2.61 bits per heavy atom. The number of hydrogen-bond acceptors (Lipinski definition) is 4. The van der Waals surface area contributed by atoms with Crippen LogP contribution in [0.5, 0.6) is 11.5 Å². The summed E-state index contributed by atoms with van der Waals surface area (Å²) >= 11 is 0. The molecule has 5 nitrogen and oxygen atoms in total. The number of nitrogens with one attached hydrogen (secondary N) is 1. The van der Waals surface area contributed by atoms with Crippen molar-refractivity contribution in [2.24, 2.45) is 11.7 Å². The highest BCUT2D eigenvalue weighted by atomic mass is 16.5. The molecule has 0 aliphatic carbocycles. The van der Waals surface area contributed by atoms with Gasteiger partial charge in [-0.3, -0.25) is 4.79 Å². The fourth-order valence-corrected chi connectivity index (χ4v) is 2.34. The predicted molar refractivity (Wildman–Crippen MR) is 92.7 cm³/mol. The van der Waals surface area contributed by atoms with Crippen LogP contribution in [0.4, 0.5) is 0 Å². The number of methoxy groups -OCH3 is 2. The lowest BCUT2D eigenvalue weighted by molar-refractivity contribution is -0.123. The Hall–Kier alpha value is -2.01. The van der Waals surface area contributed by atoms with Crippen LogP contribution in [0.1, 0.15) is 31.4 Å². The summed E-state index contributed by atoms with van der Waals surface area (Å²) in [5.74, 6) is 1.34. The highest BCUT2D eigenvalue weighted by Crippen LogP contribution is 2.33. The maximum Gasteiger partial charge on any atom is 0.237 e. The molecule has 1 aromatic carbocycles. The van der Waals surface area contributed by atoms with E-state index < -0.39 is 6.04 Å². The van der Waals surface area contributed by atoms with E-state index in [1.54, 1.807) is 20.3 Å². The van der Waals surface area contributed by atoms with E-state index in [0.29, 0.717) is 24.5 Å². The molecule has 0 aliphatic heterocycles. The number of rotatable bonds is 9. The maximum absolute atomic E-state index is 12.1. The molecule has 128 valence electrons. The second-order valence-corrected chi connectivity index (χ2v) is 5.61. The van der Waals surface area contributed by atoms with E-state index >= 15 is 0 Å². The summed E-state index contributed by atoms with van der Waals surface area (Å²) in [6.07, 6.45) is 3.33. The SMILES string of the molecule is C=CCc1cc(CNC(=O)C(N)C(C)CC)cc(OC)c1OC. The molecule has 0 spiro atoms. The van der Waals surface area contributed by atoms with Gasteiger partial charge in [0.25, 0.3) is 0 Å². The van der Waals surface area contributed by atoms with Crippen molar-refractivity contribution >= 4 is 5.91 Å². The van der Waals surface area contributed by atoms with Gasteiger partial charge in [-0.2, -0.15) is 0 Å². The van der Waals surface area contributed by atoms with Gasteiger partial charge in [0.1, 0.15) is 0 Å². The van der Waals surface area contributed by atoms with E-state index in [2.05, 4.69) is 11.9 Å². The van der Waals surface area contributed by atoms with Gasteiger partial charge in [-0.15, -0.1) is 6.58 Å². The van der Waals surface area contributed by atoms with Crippen LogP contribution in [0.2, 0.25) is 0 Å². The van der Waals surface area contributed by atoms with Crippen molar-refractivity contribution in [3.8, 4) is 11.5 Å². The van der Waals surface area contributed by atoms with Crippen LogP contribution in [-0.2, 0) is 17.8 Å². The molecule has 1 amide bonds. The predicted octanol–water partition coefficient (Wildman–Crippen LogP) is 2.42. The molecule has 3 N–H and O–H groups in total. The van der Waals surface area contributed by atoms with Gasteiger partial charge in [0.15, 0.2) is 11.5 Å². The molecule has 0 radical (unpaired) electrons. The van der Waals surface area contributed by atoms with E-state index in [-0.39, 0.29) is 11.8 Å². The zero-order valence-electron chi connectivity index (χ0n) is 14.5. The first-order chi connectivity index (χ1) is 11.0. The van der Waals surface area contributed by atoms with E-state index in [1.807, 2.05) is 26.0 Å². The van der Waals surface area contributed by atoms with Crippen molar-refractivity contribution in [3.63, 3.8) is 0 Å². The third-order valence-electron chi connectivity index (χ3n) is 4.01. The van der Waals surface area contributed by atoms with Gasteiger partial charge in [-0.1, -0.05) is 26.3 Å². The monoisotopic (exact) mass is 320 g/mol. The Bertz CT molecular complexity index is 543. The van der Waals surface area contributed by atoms with E-state index in [1.165, 1.54) is 0 Å². The van der Waals surface area contributed by atoms with Gasteiger partial charge in [-0.05, 0) is 30.0 Å². The van der Waals surface area contributed by atoms with Gasteiger partial charge >= 0.3 is 0 Å². The minimum absolute atomic E-state index is 0.139. The smallest absolute Gasteiger partial charge is 0.237 e. The Morgan fingerprint density at radius 2 is 2.09 bits per heavy atom. The quantitative estimate of drug-likeness (QED) is 0.685. The normalized spacial score (nSPS) is 13.1. The van der Waals surface area contributed by atoms with Crippen molar-refractivity contribution < 1.29 is 14.3 Å². The molecule has 1 rings (SSSR count). The molecule has 1 aromatic rings. The molecular formula is C18H28N2O3. The molecule has 0 fully saturated rings. The van der Waals surface area contributed by atoms with Crippen molar-refractivity contribution in [1.29, 1.82) is 0 Å². The summed E-state index contributed by atoms with van der Waals surface area (Å²) in [4.78, 5) is 12.1. The molecule has 2 atom stereocenters. The van der Waals surface area contributed by atoms with Crippen LogP contribution in [-0.4, -0.2) is 26.2 Å². The van der Waals surface area contributed by atoms with Crippen LogP contribution >= 0.6 is 0 Å². The van der Waals surface area contributed by atoms with Crippen molar-refractivity contribution in [2.75, 3.05) is 14.2 Å². The average Bonchev–Trinajstić information content (AvgIpc) is 2.57. The zero-order valence-corrected chi connectivity index (χ0v) is 14.5. The summed E-state index contributed by atoms with van der Waals surface area (Å²) in [6.45, 7) is 8.15. The first-order valence-corrected chi connectivity index (χ1v) is 7.86. The number of hydrogen-bond donors (Lipinski definition) is 2. The summed E-state index contributed by atoms with van der Waals surface area (Å²) in [5, 5.41) is 2.89. The summed E-state index contributed by atoms with van der Waals surface area (Å²) in [6, 6.07) is 3.35. The number of carbonyl (C=O) groups excluding carboxylic acids is 1. The van der Waals surface area contributed by atoms with Crippen molar-refractivity contribution in [3.05, 3.63) is 35.9 Å². The lowest BCUT2D eigenvalue weighted by Gasteiger charge is -2.18. The van der Waals surface area contributed by atoms with Gasteiger partial charge < -0.3 is 20.5 Å². The third kappa shape index (κ3) is 4.99.